The molecule has 1 fully saturated rings. The van der Waals surface area contributed by atoms with E-state index in [4.69, 9.17) is 30.8 Å². The topological polar surface area (TPSA) is 116 Å². The van der Waals surface area contributed by atoms with Crippen LogP contribution >= 0.6 is 11.6 Å². The van der Waals surface area contributed by atoms with Crippen molar-refractivity contribution in [2.45, 2.75) is 57.9 Å². The highest BCUT2D eigenvalue weighted by atomic mass is 35.5. The van der Waals surface area contributed by atoms with E-state index in [9.17, 15) is 14.7 Å². The maximum absolute atomic E-state index is 13.2. The largest absolute Gasteiger partial charge is 0.496 e. The number of nitrogens with zero attached hydrogens (tertiary/aromatic N) is 4. The lowest BCUT2D eigenvalue weighted by molar-refractivity contribution is -0.0271. The molecule has 11 heteroatoms. The van der Waals surface area contributed by atoms with Crippen LogP contribution in [-0.2, 0) is 11.3 Å². The smallest absolute Gasteiger partial charge is 0.410 e. The highest BCUT2D eigenvalue weighted by molar-refractivity contribution is 6.36. The van der Waals surface area contributed by atoms with E-state index >= 15 is 0 Å². The number of hydrogen-bond donors (Lipinski definition) is 1. The van der Waals surface area contributed by atoms with Gasteiger partial charge in [0, 0.05) is 46.6 Å². The van der Waals surface area contributed by atoms with Crippen LogP contribution in [-0.4, -0.2) is 68.9 Å². The maximum Gasteiger partial charge on any atom is 0.410 e. The molecule has 0 saturated heterocycles. The molecule has 0 atom stereocenters. The molecule has 5 aromatic rings. The van der Waals surface area contributed by atoms with Crippen molar-refractivity contribution in [1.29, 1.82) is 0 Å². The molecule has 1 aliphatic carbocycles. The average molecular weight is 669 g/mol. The summed E-state index contributed by atoms with van der Waals surface area (Å²) in [5.74, 6) is 1.42. The second-order valence-corrected chi connectivity index (χ2v) is 13.1. The molecule has 248 valence electrons. The number of hydrogen-bond acceptors (Lipinski definition) is 8. The van der Waals surface area contributed by atoms with E-state index in [0.717, 1.165) is 27.6 Å². The number of aliphatic hydroxyl groups excluding tert-OH is 1. The number of carbonyl (C=O) groups is 2. The summed E-state index contributed by atoms with van der Waals surface area (Å²) in [5.41, 5.74) is 4.40. The molecule has 0 unspecified atom stereocenters. The molecule has 3 heterocycles. The highest BCUT2D eigenvalue weighted by Crippen LogP contribution is 2.40. The Morgan fingerprint density at radius 1 is 1.04 bits per heavy atom. The summed E-state index contributed by atoms with van der Waals surface area (Å²) in [7, 11) is 3.06. The van der Waals surface area contributed by atoms with Crippen LogP contribution in [0, 0.1) is 0 Å². The summed E-state index contributed by atoms with van der Waals surface area (Å²) in [6.07, 6.45) is 4.23. The second-order valence-electron chi connectivity index (χ2n) is 12.7. The van der Waals surface area contributed by atoms with Gasteiger partial charge < -0.3 is 28.8 Å². The zero-order valence-corrected chi connectivity index (χ0v) is 28.2. The minimum absolute atomic E-state index is 0.142. The van der Waals surface area contributed by atoms with Crippen LogP contribution in [0.5, 0.6) is 11.6 Å². The standard InChI is InChI=1S/C37H37ClN4O6/c1-37(2,3)48-36(45)42(24-16-25(44)17-24)20-22-12-13-30(40-35(22)47-5)29-10-6-9-28(34(29)38)26-8-7-11-31-27(26)14-15-41(31)33-18-32(46-4)23(21-43)19-39-33/h6-15,18-19,21,24-25,44H,16-17,20H2,1-5H3. The third kappa shape index (κ3) is 6.46. The maximum atomic E-state index is 13.2. The molecule has 48 heavy (non-hydrogen) atoms. The van der Waals surface area contributed by atoms with E-state index < -0.39 is 17.8 Å². The SMILES string of the molecule is COc1cc(-n2ccc3c(-c4cccc(-c5ccc(CN(C(=O)OC(C)(C)C)C6CC(O)C6)c(OC)n5)c4Cl)cccc32)ncc1C=O. The summed E-state index contributed by atoms with van der Waals surface area (Å²) >= 11 is 7.14. The summed E-state index contributed by atoms with van der Waals surface area (Å²) in [5, 5.41) is 11.4. The Balaban J connectivity index is 1.33. The number of halogens is 1. The quantitative estimate of drug-likeness (QED) is 0.161. The molecule has 6 rings (SSSR count). The molecule has 0 bridgehead atoms. The summed E-state index contributed by atoms with van der Waals surface area (Å²) in [4.78, 5) is 35.5. The van der Waals surface area contributed by atoms with Gasteiger partial charge in [-0.2, -0.15) is 0 Å². The van der Waals surface area contributed by atoms with Crippen LogP contribution in [0.25, 0.3) is 39.1 Å². The van der Waals surface area contributed by atoms with E-state index in [1.165, 1.54) is 13.3 Å². The Hall–Kier alpha value is -4.93. The Kier molecular flexibility index (Phi) is 9.13. The van der Waals surface area contributed by atoms with Crippen molar-refractivity contribution in [3.05, 3.63) is 89.2 Å². The van der Waals surface area contributed by atoms with Crippen molar-refractivity contribution in [3.8, 4) is 39.8 Å². The first-order valence-electron chi connectivity index (χ1n) is 15.6. The molecule has 10 nitrogen and oxygen atoms in total. The number of aldehydes is 1. The van der Waals surface area contributed by atoms with Gasteiger partial charge in [0.15, 0.2) is 6.29 Å². The minimum atomic E-state index is -0.661. The first kappa shape index (κ1) is 33.0. The second kappa shape index (κ2) is 13.3. The fourth-order valence-electron chi connectivity index (χ4n) is 5.95. The summed E-state index contributed by atoms with van der Waals surface area (Å²) < 4.78 is 18.7. The van der Waals surface area contributed by atoms with Gasteiger partial charge in [-0.1, -0.05) is 41.9 Å². The van der Waals surface area contributed by atoms with Gasteiger partial charge >= 0.3 is 6.09 Å². The number of pyridine rings is 2. The number of rotatable bonds is 9. The molecule has 3 aromatic heterocycles. The van der Waals surface area contributed by atoms with Gasteiger partial charge in [-0.15, -0.1) is 0 Å². The monoisotopic (exact) mass is 668 g/mol. The fraction of sp³-hybridized carbons (Fsp3) is 0.297. The lowest BCUT2D eigenvalue weighted by Crippen LogP contribution is -2.50. The van der Waals surface area contributed by atoms with Gasteiger partial charge in [-0.25, -0.2) is 14.8 Å². The van der Waals surface area contributed by atoms with Gasteiger partial charge in [0.25, 0.3) is 0 Å². The van der Waals surface area contributed by atoms with E-state index in [1.807, 2.05) is 86.1 Å². The Morgan fingerprint density at radius 3 is 2.46 bits per heavy atom. The molecule has 1 saturated carbocycles. The van der Waals surface area contributed by atoms with Crippen LogP contribution in [0.4, 0.5) is 4.79 Å². The molecule has 0 aliphatic heterocycles. The van der Waals surface area contributed by atoms with Crippen LogP contribution in [0.3, 0.4) is 0 Å². The van der Waals surface area contributed by atoms with Crippen LogP contribution in [0.2, 0.25) is 5.02 Å². The first-order valence-corrected chi connectivity index (χ1v) is 16.0. The number of amides is 1. The van der Waals surface area contributed by atoms with E-state index in [-0.39, 0.29) is 12.6 Å². The third-order valence-electron chi connectivity index (χ3n) is 8.40. The average Bonchev–Trinajstić information content (AvgIpc) is 3.49. The van der Waals surface area contributed by atoms with E-state index in [1.54, 1.807) is 18.1 Å². The molecule has 2 aromatic carbocycles. The van der Waals surface area contributed by atoms with Gasteiger partial charge in [-0.3, -0.25) is 4.79 Å². The number of fused-ring (bicyclic) bond motifs is 1. The third-order valence-corrected chi connectivity index (χ3v) is 8.81. The predicted molar refractivity (Wildman–Crippen MR) is 184 cm³/mol. The molecular weight excluding hydrogens is 632 g/mol. The molecule has 1 aliphatic rings. The number of aromatic nitrogens is 3. The van der Waals surface area contributed by atoms with Crippen molar-refractivity contribution in [2.75, 3.05) is 14.2 Å². The lowest BCUT2D eigenvalue weighted by atomic mass is 9.88. The van der Waals surface area contributed by atoms with Crippen molar-refractivity contribution in [1.82, 2.24) is 19.4 Å². The summed E-state index contributed by atoms with van der Waals surface area (Å²) in [6, 6.07) is 19.1. The number of benzene rings is 2. The molecule has 0 spiro atoms. The fourth-order valence-corrected chi connectivity index (χ4v) is 6.28. The highest BCUT2D eigenvalue weighted by Gasteiger charge is 2.37. The summed E-state index contributed by atoms with van der Waals surface area (Å²) in [6.45, 7) is 5.69. The van der Waals surface area contributed by atoms with Crippen molar-refractivity contribution < 1.29 is 28.9 Å². The lowest BCUT2D eigenvalue weighted by Gasteiger charge is -2.41. The molecule has 0 radical (unpaired) electrons. The number of carbonyl (C=O) groups excluding carboxylic acids is 2. The van der Waals surface area contributed by atoms with Crippen LogP contribution in [0.15, 0.2) is 73.1 Å². The van der Waals surface area contributed by atoms with E-state index in [2.05, 4.69) is 4.98 Å². The normalized spacial score (nSPS) is 15.9. The molecular formula is C37H37ClN4O6. The Morgan fingerprint density at radius 2 is 1.77 bits per heavy atom. The molecule has 1 N–H and O–H groups in total. The van der Waals surface area contributed by atoms with Gasteiger partial charge in [0.2, 0.25) is 5.88 Å². The van der Waals surface area contributed by atoms with Crippen LogP contribution < -0.4 is 9.47 Å². The van der Waals surface area contributed by atoms with Crippen molar-refractivity contribution in [3.63, 3.8) is 0 Å². The zero-order valence-electron chi connectivity index (χ0n) is 27.4. The predicted octanol–water partition coefficient (Wildman–Crippen LogP) is 7.50. The Labute approximate surface area is 283 Å². The van der Waals surface area contributed by atoms with Gasteiger partial charge in [0.05, 0.1) is 48.7 Å². The molecule has 1 amide bonds. The minimum Gasteiger partial charge on any atom is -0.496 e. The van der Waals surface area contributed by atoms with Crippen molar-refractivity contribution >= 4 is 34.9 Å². The zero-order chi connectivity index (χ0) is 34.2. The number of aliphatic hydroxyl groups is 1. The first-order chi connectivity index (χ1) is 23.0. The Bertz CT molecular complexity index is 2000. The number of methoxy groups -OCH3 is 2. The van der Waals surface area contributed by atoms with Crippen LogP contribution in [0.1, 0.15) is 49.5 Å². The number of ether oxygens (including phenoxy) is 3. The van der Waals surface area contributed by atoms with Gasteiger partial charge in [0.1, 0.15) is 17.2 Å². The van der Waals surface area contributed by atoms with Crippen molar-refractivity contribution in [2.24, 2.45) is 0 Å². The van der Waals surface area contributed by atoms with Gasteiger partial charge in [-0.05, 0) is 63.4 Å². The van der Waals surface area contributed by atoms with E-state index in [0.29, 0.717) is 58.4 Å².